The molecule has 0 saturated heterocycles. The standard InChI is InChI=1S/C61H46N2/c1-39-31-40(2)34-45(33-39)62(43-19-7-5-8-20-43)57-37-55-59(51-27-13-11-25-49(51)57)60-52-28-14-12-26-50(52)58(63(44-21-9-6-10-22-44)46-35-41(3)32-42(4)36-46)38-56(60)61(55)53-29-17-15-23-47(53)48-24-16-18-30-54(48)61/h5-38H,1-4H3. The summed E-state index contributed by atoms with van der Waals surface area (Å²) in [6.07, 6.45) is 0. The Bertz CT molecular complexity index is 3180. The van der Waals surface area contributed by atoms with E-state index in [0.717, 1.165) is 22.7 Å². The normalized spacial score (nSPS) is 12.9. The Kier molecular flexibility index (Phi) is 8.36. The van der Waals surface area contributed by atoms with E-state index in [9.17, 15) is 0 Å². The van der Waals surface area contributed by atoms with Crippen molar-refractivity contribution in [3.8, 4) is 22.3 Å². The zero-order valence-electron chi connectivity index (χ0n) is 36.0. The van der Waals surface area contributed by atoms with Crippen molar-refractivity contribution in [2.24, 2.45) is 0 Å². The molecule has 2 heteroatoms. The molecule has 0 aliphatic heterocycles. The molecule has 12 rings (SSSR count). The molecule has 10 aromatic rings. The average Bonchev–Trinajstić information content (AvgIpc) is 3.77. The molecule has 2 aliphatic carbocycles. The minimum absolute atomic E-state index is 0.620. The van der Waals surface area contributed by atoms with Crippen molar-refractivity contribution < 1.29 is 0 Å². The van der Waals surface area contributed by atoms with Gasteiger partial charge >= 0.3 is 0 Å². The molecule has 63 heavy (non-hydrogen) atoms. The molecule has 0 atom stereocenters. The lowest BCUT2D eigenvalue weighted by atomic mass is 9.70. The maximum absolute atomic E-state index is 2.56. The Morgan fingerprint density at radius 3 is 1.02 bits per heavy atom. The van der Waals surface area contributed by atoms with Gasteiger partial charge in [-0.15, -0.1) is 0 Å². The van der Waals surface area contributed by atoms with Crippen molar-refractivity contribution in [1.29, 1.82) is 0 Å². The van der Waals surface area contributed by atoms with Crippen LogP contribution in [0.1, 0.15) is 44.5 Å². The number of aryl methyl sites for hydroxylation is 4. The van der Waals surface area contributed by atoms with Crippen LogP contribution in [0.25, 0.3) is 43.8 Å². The SMILES string of the molecule is Cc1cc(C)cc(N(c2ccccc2)c2cc3c(c4ccccc24)-c2c(cc(N(c4ccccc4)c4cc(C)cc(C)c4)c4ccccc24)C32c3ccccc3-c3ccccc32)c1. The van der Waals surface area contributed by atoms with Gasteiger partial charge in [-0.25, -0.2) is 0 Å². The van der Waals surface area contributed by atoms with Gasteiger partial charge in [-0.1, -0.05) is 146 Å². The third kappa shape index (κ3) is 5.51. The second-order valence-corrected chi connectivity index (χ2v) is 17.6. The van der Waals surface area contributed by atoms with E-state index in [1.165, 1.54) is 99.7 Å². The van der Waals surface area contributed by atoms with E-state index in [4.69, 9.17) is 0 Å². The minimum Gasteiger partial charge on any atom is -0.310 e. The summed E-state index contributed by atoms with van der Waals surface area (Å²) in [5.74, 6) is 0. The Morgan fingerprint density at radius 1 is 0.286 bits per heavy atom. The highest BCUT2D eigenvalue weighted by molar-refractivity contribution is 6.19. The molecule has 1 spiro atoms. The van der Waals surface area contributed by atoms with Gasteiger partial charge in [-0.05, 0) is 166 Å². The van der Waals surface area contributed by atoms with E-state index < -0.39 is 5.41 Å². The van der Waals surface area contributed by atoms with Crippen LogP contribution < -0.4 is 9.80 Å². The molecule has 0 heterocycles. The second-order valence-electron chi connectivity index (χ2n) is 17.6. The Hall–Kier alpha value is -7.68. The van der Waals surface area contributed by atoms with E-state index in [0.29, 0.717) is 0 Å². The first-order valence-electron chi connectivity index (χ1n) is 22.1. The highest BCUT2D eigenvalue weighted by Crippen LogP contribution is 2.67. The third-order valence-corrected chi connectivity index (χ3v) is 13.5. The van der Waals surface area contributed by atoms with E-state index in [-0.39, 0.29) is 0 Å². The van der Waals surface area contributed by atoms with Gasteiger partial charge in [0.1, 0.15) is 0 Å². The molecule has 0 N–H and O–H groups in total. The molecule has 10 aromatic carbocycles. The van der Waals surface area contributed by atoms with Gasteiger partial charge in [0, 0.05) is 33.5 Å². The fourth-order valence-corrected chi connectivity index (χ4v) is 11.3. The molecule has 2 aliphatic rings. The smallest absolute Gasteiger partial charge is 0.0727 e. The lowest BCUT2D eigenvalue weighted by Crippen LogP contribution is -2.26. The summed E-state index contributed by atoms with van der Waals surface area (Å²) < 4.78 is 0. The molecule has 0 fully saturated rings. The first kappa shape index (κ1) is 37.1. The maximum Gasteiger partial charge on any atom is 0.0727 e. The molecule has 300 valence electrons. The Morgan fingerprint density at radius 2 is 0.619 bits per heavy atom. The van der Waals surface area contributed by atoms with Gasteiger partial charge in [0.05, 0.1) is 16.8 Å². The van der Waals surface area contributed by atoms with Gasteiger partial charge < -0.3 is 9.80 Å². The fourth-order valence-electron chi connectivity index (χ4n) is 11.3. The topological polar surface area (TPSA) is 6.48 Å². The molecule has 2 nitrogen and oxygen atoms in total. The summed E-state index contributed by atoms with van der Waals surface area (Å²) in [6, 6.07) is 77.4. The summed E-state index contributed by atoms with van der Waals surface area (Å²) in [4.78, 5) is 4.99. The van der Waals surface area contributed by atoms with Crippen molar-refractivity contribution in [1.82, 2.24) is 0 Å². The third-order valence-electron chi connectivity index (χ3n) is 13.5. The van der Waals surface area contributed by atoms with Crippen molar-refractivity contribution >= 4 is 55.7 Å². The maximum atomic E-state index is 2.56. The molecule has 0 aromatic heterocycles. The lowest BCUT2D eigenvalue weighted by Gasteiger charge is -2.34. The second kappa shape index (κ2) is 14.2. The van der Waals surface area contributed by atoms with Gasteiger partial charge in [0.25, 0.3) is 0 Å². The quantitative estimate of drug-likeness (QED) is 0.165. The molecule has 0 saturated carbocycles. The Labute approximate surface area is 370 Å². The van der Waals surface area contributed by atoms with Crippen LogP contribution in [0.3, 0.4) is 0 Å². The highest BCUT2D eigenvalue weighted by Gasteiger charge is 2.53. The minimum atomic E-state index is -0.620. The van der Waals surface area contributed by atoms with E-state index in [1.54, 1.807) is 0 Å². The number of hydrogen-bond acceptors (Lipinski definition) is 2. The van der Waals surface area contributed by atoms with Crippen LogP contribution in [-0.4, -0.2) is 0 Å². The summed E-state index contributed by atoms with van der Waals surface area (Å²) in [7, 11) is 0. The van der Waals surface area contributed by atoms with Crippen LogP contribution in [-0.2, 0) is 5.41 Å². The van der Waals surface area contributed by atoms with Crippen LogP contribution in [0.5, 0.6) is 0 Å². The molecule has 0 radical (unpaired) electrons. The van der Waals surface area contributed by atoms with Crippen LogP contribution >= 0.6 is 0 Å². The first-order chi connectivity index (χ1) is 30.9. The fraction of sp³-hybridized carbons (Fsp3) is 0.0820. The van der Waals surface area contributed by atoms with E-state index in [2.05, 4.69) is 244 Å². The number of fused-ring (bicyclic) bond motifs is 14. The molecule has 0 unspecified atom stereocenters. The number of nitrogens with zero attached hydrogens (tertiary/aromatic N) is 2. The van der Waals surface area contributed by atoms with Crippen LogP contribution in [0.15, 0.2) is 206 Å². The van der Waals surface area contributed by atoms with Crippen molar-refractivity contribution in [3.63, 3.8) is 0 Å². The first-order valence-corrected chi connectivity index (χ1v) is 22.1. The largest absolute Gasteiger partial charge is 0.310 e. The predicted octanol–water partition coefficient (Wildman–Crippen LogP) is 16.5. The van der Waals surface area contributed by atoms with Crippen molar-refractivity contribution in [2.45, 2.75) is 33.1 Å². The van der Waals surface area contributed by atoms with Crippen LogP contribution in [0.2, 0.25) is 0 Å². The van der Waals surface area contributed by atoms with Gasteiger partial charge in [-0.2, -0.15) is 0 Å². The summed E-state index contributed by atoms with van der Waals surface area (Å²) in [6.45, 7) is 8.83. The lowest BCUT2D eigenvalue weighted by molar-refractivity contribution is 0.795. The molecule has 0 amide bonds. The van der Waals surface area contributed by atoms with Gasteiger partial charge in [0.15, 0.2) is 0 Å². The van der Waals surface area contributed by atoms with Crippen molar-refractivity contribution in [3.05, 3.63) is 251 Å². The molecule has 0 bridgehead atoms. The van der Waals surface area contributed by atoms with Gasteiger partial charge in [0.2, 0.25) is 0 Å². The summed E-state index contributed by atoms with van der Waals surface area (Å²) >= 11 is 0. The predicted molar refractivity (Wildman–Crippen MR) is 266 cm³/mol. The zero-order valence-corrected chi connectivity index (χ0v) is 36.0. The number of benzene rings is 10. The summed E-state index contributed by atoms with van der Waals surface area (Å²) in [5, 5.41) is 4.94. The molecular formula is C61H46N2. The Balaban J connectivity index is 1.27. The number of para-hydroxylation sites is 2. The van der Waals surface area contributed by atoms with E-state index in [1.807, 2.05) is 0 Å². The number of rotatable bonds is 6. The van der Waals surface area contributed by atoms with Crippen molar-refractivity contribution in [2.75, 3.05) is 9.80 Å². The summed E-state index contributed by atoms with van der Waals surface area (Å²) in [5.41, 5.74) is 21.7. The molecular weight excluding hydrogens is 761 g/mol. The number of anilines is 6. The number of hydrogen-bond donors (Lipinski definition) is 0. The van der Waals surface area contributed by atoms with Crippen LogP contribution in [0, 0.1) is 27.7 Å². The highest BCUT2D eigenvalue weighted by atomic mass is 15.2. The average molecular weight is 807 g/mol. The van der Waals surface area contributed by atoms with Crippen LogP contribution in [0.4, 0.5) is 34.1 Å². The zero-order chi connectivity index (χ0) is 42.4. The van der Waals surface area contributed by atoms with Gasteiger partial charge in [-0.3, -0.25) is 0 Å². The monoisotopic (exact) mass is 806 g/mol. The van der Waals surface area contributed by atoms with E-state index >= 15 is 0 Å².